The SMILES string of the molecule is NCCOCCOCNC(O)/C=C\C(=O)NCCOCCOCN. The fraction of sp³-hybridized carbons (Fsp3) is 0.786. The van der Waals surface area contributed by atoms with Crippen molar-refractivity contribution in [1.82, 2.24) is 10.6 Å². The van der Waals surface area contributed by atoms with Crippen molar-refractivity contribution in [2.24, 2.45) is 11.5 Å². The van der Waals surface area contributed by atoms with Crippen LogP contribution in [0.25, 0.3) is 0 Å². The van der Waals surface area contributed by atoms with Gasteiger partial charge in [0.15, 0.2) is 0 Å². The number of nitrogens with two attached hydrogens (primary N) is 2. The number of aliphatic hydroxyl groups excluding tert-OH is 1. The number of ether oxygens (including phenoxy) is 4. The van der Waals surface area contributed by atoms with Crippen molar-refractivity contribution in [3.63, 3.8) is 0 Å². The molecule has 0 heterocycles. The lowest BCUT2D eigenvalue weighted by Gasteiger charge is -2.09. The largest absolute Gasteiger partial charge is 0.378 e. The maximum atomic E-state index is 11.5. The molecule has 0 radical (unpaired) electrons. The zero-order chi connectivity index (χ0) is 17.9. The summed E-state index contributed by atoms with van der Waals surface area (Å²) in [5, 5.41) is 14.9. The Hall–Kier alpha value is -1.11. The molecule has 1 unspecified atom stereocenters. The summed E-state index contributed by atoms with van der Waals surface area (Å²) < 4.78 is 20.4. The lowest BCUT2D eigenvalue weighted by Crippen LogP contribution is -2.31. The van der Waals surface area contributed by atoms with Crippen LogP contribution in [0.5, 0.6) is 0 Å². The molecule has 7 N–H and O–H groups in total. The molecule has 1 amide bonds. The number of aliphatic hydroxyl groups is 1. The highest BCUT2D eigenvalue weighted by Gasteiger charge is 2.00. The standard InChI is InChI=1S/C14H30N4O6/c15-3-5-21-8-10-24-12-18-14(20)2-1-13(19)17-4-6-22-7-9-23-11-16/h1-2,14,18,20H,3-12,15-16H2,(H,17,19)/b2-1-. The lowest BCUT2D eigenvalue weighted by atomic mass is 10.4. The first-order valence-electron chi connectivity index (χ1n) is 7.79. The van der Waals surface area contributed by atoms with Gasteiger partial charge >= 0.3 is 0 Å². The van der Waals surface area contributed by atoms with Crippen molar-refractivity contribution >= 4 is 5.91 Å². The monoisotopic (exact) mass is 350 g/mol. The molecule has 0 saturated carbocycles. The first kappa shape index (κ1) is 22.9. The molecule has 0 bridgehead atoms. The molecule has 0 aliphatic rings. The Morgan fingerprint density at radius 2 is 1.67 bits per heavy atom. The molecule has 0 spiro atoms. The number of carbonyl (C=O) groups excluding carboxylic acids is 1. The van der Waals surface area contributed by atoms with Crippen molar-refractivity contribution in [3.8, 4) is 0 Å². The predicted octanol–water partition coefficient (Wildman–Crippen LogP) is -2.53. The number of rotatable bonds is 17. The van der Waals surface area contributed by atoms with Crippen LogP contribution in [0, 0.1) is 0 Å². The molecule has 10 heteroatoms. The number of carbonyl (C=O) groups is 1. The number of hydrogen-bond donors (Lipinski definition) is 5. The molecule has 0 fully saturated rings. The summed E-state index contributed by atoms with van der Waals surface area (Å²) in [6.07, 6.45) is 1.57. The fourth-order valence-electron chi connectivity index (χ4n) is 1.37. The molecule has 0 aromatic carbocycles. The Labute approximate surface area is 142 Å². The lowest BCUT2D eigenvalue weighted by molar-refractivity contribution is -0.116. The minimum atomic E-state index is -0.981. The summed E-state index contributed by atoms with van der Waals surface area (Å²) in [5.41, 5.74) is 10.4. The highest BCUT2D eigenvalue weighted by molar-refractivity contribution is 5.87. The minimum Gasteiger partial charge on any atom is -0.378 e. The van der Waals surface area contributed by atoms with Crippen LogP contribution in [0.15, 0.2) is 12.2 Å². The van der Waals surface area contributed by atoms with Gasteiger partial charge in [0.05, 0.1) is 53.1 Å². The van der Waals surface area contributed by atoms with E-state index in [2.05, 4.69) is 10.6 Å². The van der Waals surface area contributed by atoms with Gasteiger partial charge in [0.25, 0.3) is 0 Å². The average Bonchev–Trinajstić information content (AvgIpc) is 2.58. The Kier molecular flexibility index (Phi) is 17.4. The summed E-state index contributed by atoms with van der Waals surface area (Å²) in [6.45, 7) is 3.66. The molecule has 0 aromatic heterocycles. The van der Waals surface area contributed by atoms with Gasteiger partial charge in [-0.15, -0.1) is 0 Å². The first-order valence-corrected chi connectivity index (χ1v) is 7.79. The molecule has 0 saturated heterocycles. The molecule has 0 aliphatic heterocycles. The highest BCUT2D eigenvalue weighted by Crippen LogP contribution is 1.84. The average molecular weight is 350 g/mol. The van der Waals surface area contributed by atoms with Crippen LogP contribution in [0.3, 0.4) is 0 Å². The van der Waals surface area contributed by atoms with E-state index in [1.165, 1.54) is 12.2 Å². The van der Waals surface area contributed by atoms with Gasteiger partial charge in [-0.3, -0.25) is 10.1 Å². The molecular formula is C14H30N4O6. The summed E-state index contributed by atoms with van der Waals surface area (Å²) in [5.74, 6) is -0.325. The van der Waals surface area contributed by atoms with Gasteiger partial charge in [0.2, 0.25) is 5.91 Å². The third-order valence-corrected chi connectivity index (χ3v) is 2.49. The molecular weight excluding hydrogens is 320 g/mol. The van der Waals surface area contributed by atoms with Crippen LogP contribution in [-0.4, -0.2) is 83.4 Å². The molecule has 10 nitrogen and oxygen atoms in total. The van der Waals surface area contributed by atoms with E-state index < -0.39 is 6.23 Å². The van der Waals surface area contributed by atoms with Crippen LogP contribution < -0.4 is 22.1 Å². The Morgan fingerprint density at radius 1 is 1.00 bits per heavy atom. The van der Waals surface area contributed by atoms with E-state index in [9.17, 15) is 9.90 Å². The highest BCUT2D eigenvalue weighted by atomic mass is 16.5. The Balaban J connectivity index is 3.46. The molecule has 1 atom stereocenters. The summed E-state index contributed by atoms with van der Waals surface area (Å²) in [7, 11) is 0. The third-order valence-electron chi connectivity index (χ3n) is 2.49. The van der Waals surface area contributed by atoms with E-state index in [0.29, 0.717) is 52.7 Å². The van der Waals surface area contributed by atoms with Gasteiger partial charge in [-0.25, -0.2) is 0 Å². The van der Waals surface area contributed by atoms with Crippen LogP contribution >= 0.6 is 0 Å². The van der Waals surface area contributed by atoms with Crippen molar-refractivity contribution in [2.75, 3.05) is 66.2 Å². The van der Waals surface area contributed by atoms with Crippen molar-refractivity contribution in [2.45, 2.75) is 6.23 Å². The van der Waals surface area contributed by atoms with Gasteiger partial charge in [0.1, 0.15) is 6.23 Å². The van der Waals surface area contributed by atoms with Gasteiger partial charge in [-0.2, -0.15) is 0 Å². The topological polar surface area (TPSA) is 150 Å². The van der Waals surface area contributed by atoms with E-state index >= 15 is 0 Å². The molecule has 142 valence electrons. The third kappa shape index (κ3) is 17.2. The predicted molar refractivity (Wildman–Crippen MR) is 87.8 cm³/mol. The zero-order valence-electron chi connectivity index (χ0n) is 13.9. The smallest absolute Gasteiger partial charge is 0.243 e. The second kappa shape index (κ2) is 18.2. The summed E-state index contributed by atoms with van der Waals surface area (Å²) >= 11 is 0. The van der Waals surface area contributed by atoms with Gasteiger partial charge in [-0.05, 0) is 6.08 Å². The van der Waals surface area contributed by atoms with E-state index in [4.69, 9.17) is 30.4 Å². The summed E-state index contributed by atoms with van der Waals surface area (Å²) in [4.78, 5) is 11.5. The van der Waals surface area contributed by atoms with Gasteiger partial charge in [-0.1, -0.05) is 0 Å². The van der Waals surface area contributed by atoms with Crippen LogP contribution in [0.4, 0.5) is 0 Å². The second-order valence-corrected chi connectivity index (χ2v) is 4.44. The number of nitrogens with one attached hydrogen (secondary N) is 2. The summed E-state index contributed by atoms with van der Waals surface area (Å²) in [6, 6.07) is 0. The van der Waals surface area contributed by atoms with E-state index in [1.54, 1.807) is 0 Å². The molecule has 0 rings (SSSR count). The number of amides is 1. The Morgan fingerprint density at radius 3 is 2.38 bits per heavy atom. The molecule has 24 heavy (non-hydrogen) atoms. The second-order valence-electron chi connectivity index (χ2n) is 4.44. The first-order chi connectivity index (χ1) is 11.7. The Bertz CT molecular complexity index is 320. The van der Waals surface area contributed by atoms with Crippen LogP contribution in [0.2, 0.25) is 0 Å². The van der Waals surface area contributed by atoms with Crippen molar-refractivity contribution in [3.05, 3.63) is 12.2 Å². The maximum Gasteiger partial charge on any atom is 0.243 e. The normalized spacial score (nSPS) is 12.6. The van der Waals surface area contributed by atoms with Crippen LogP contribution in [-0.2, 0) is 23.7 Å². The van der Waals surface area contributed by atoms with Crippen LogP contribution in [0.1, 0.15) is 0 Å². The van der Waals surface area contributed by atoms with Gasteiger partial charge < -0.3 is 40.8 Å². The van der Waals surface area contributed by atoms with Crippen molar-refractivity contribution < 1.29 is 28.8 Å². The van der Waals surface area contributed by atoms with E-state index in [1.807, 2.05) is 0 Å². The van der Waals surface area contributed by atoms with E-state index in [0.717, 1.165) is 0 Å². The fourth-order valence-corrected chi connectivity index (χ4v) is 1.37. The van der Waals surface area contributed by atoms with Crippen molar-refractivity contribution in [1.29, 1.82) is 0 Å². The zero-order valence-corrected chi connectivity index (χ0v) is 13.9. The minimum absolute atomic E-state index is 0.137. The molecule has 0 aromatic rings. The van der Waals surface area contributed by atoms with E-state index in [-0.39, 0.29) is 19.4 Å². The quantitative estimate of drug-likeness (QED) is 0.109. The number of hydrogen-bond acceptors (Lipinski definition) is 9. The maximum absolute atomic E-state index is 11.5. The van der Waals surface area contributed by atoms with Gasteiger partial charge in [0, 0.05) is 19.2 Å². The molecule has 0 aliphatic carbocycles.